The van der Waals surface area contributed by atoms with Crippen molar-refractivity contribution in [1.29, 1.82) is 0 Å². The summed E-state index contributed by atoms with van der Waals surface area (Å²) in [6, 6.07) is 25.6. The van der Waals surface area contributed by atoms with Crippen LogP contribution in [0.5, 0.6) is 17.2 Å². The van der Waals surface area contributed by atoms with Gasteiger partial charge < -0.3 is 23.9 Å². The molecule has 3 aromatic carbocycles. The van der Waals surface area contributed by atoms with E-state index in [0.717, 1.165) is 22.5 Å². The minimum Gasteiger partial charge on any atom is -0.497 e. The van der Waals surface area contributed by atoms with E-state index in [-0.39, 0.29) is 13.0 Å². The fourth-order valence-electron chi connectivity index (χ4n) is 4.66. The van der Waals surface area contributed by atoms with Crippen LogP contribution in [-0.4, -0.2) is 52.7 Å². The van der Waals surface area contributed by atoms with Crippen molar-refractivity contribution >= 4 is 23.8 Å². The molecule has 42 heavy (non-hydrogen) atoms. The first-order chi connectivity index (χ1) is 20.3. The van der Waals surface area contributed by atoms with Crippen LogP contribution in [0.2, 0.25) is 0 Å². The van der Waals surface area contributed by atoms with Crippen LogP contribution in [0, 0.1) is 6.92 Å². The number of aromatic nitrogens is 1. The average Bonchev–Trinajstić information content (AvgIpc) is 3.37. The normalized spacial score (nSPS) is 11.5. The van der Waals surface area contributed by atoms with E-state index in [1.165, 1.54) is 9.80 Å². The number of thioether (sulfide) groups is 1. The molecule has 0 spiro atoms. The highest BCUT2D eigenvalue weighted by Gasteiger charge is 2.30. The van der Waals surface area contributed by atoms with E-state index in [1.807, 2.05) is 24.3 Å². The van der Waals surface area contributed by atoms with Gasteiger partial charge in [0.2, 0.25) is 0 Å². The third kappa shape index (κ3) is 7.67. The summed E-state index contributed by atoms with van der Waals surface area (Å²) in [6.45, 7) is 5.03. The maximum atomic E-state index is 13.1. The Bertz CT molecular complexity index is 1470. The number of carbonyl (C=O) groups is 2. The number of hydrogen-bond acceptors (Lipinski definition) is 6. The van der Waals surface area contributed by atoms with Crippen LogP contribution in [0.25, 0.3) is 11.3 Å². The molecule has 9 heteroatoms. The lowest BCUT2D eigenvalue weighted by Crippen LogP contribution is -2.45. The summed E-state index contributed by atoms with van der Waals surface area (Å²) in [5, 5.41) is 9.77. The van der Waals surface area contributed by atoms with E-state index < -0.39 is 18.1 Å². The van der Waals surface area contributed by atoms with Gasteiger partial charge >= 0.3 is 12.1 Å². The average molecular weight is 589 g/mol. The Hall–Kier alpha value is -4.37. The van der Waals surface area contributed by atoms with Crippen molar-refractivity contribution in [3.8, 4) is 28.5 Å². The highest BCUT2D eigenvalue weighted by molar-refractivity contribution is 7.98. The van der Waals surface area contributed by atoms with Crippen LogP contribution in [-0.2, 0) is 17.9 Å². The summed E-state index contributed by atoms with van der Waals surface area (Å²) in [7, 11) is 1.55. The molecule has 0 bridgehead atoms. The highest BCUT2D eigenvalue weighted by Crippen LogP contribution is 2.26. The van der Waals surface area contributed by atoms with Crippen molar-refractivity contribution in [2.24, 2.45) is 0 Å². The largest absolute Gasteiger partial charge is 0.497 e. The van der Waals surface area contributed by atoms with Crippen LogP contribution in [0.4, 0.5) is 4.79 Å². The van der Waals surface area contributed by atoms with Crippen molar-refractivity contribution in [1.82, 2.24) is 9.47 Å². The smallest absolute Gasteiger partial charge is 0.416 e. The Morgan fingerprint density at radius 1 is 0.905 bits per heavy atom. The van der Waals surface area contributed by atoms with Crippen molar-refractivity contribution < 1.29 is 28.9 Å². The highest BCUT2D eigenvalue weighted by atomic mass is 32.2. The summed E-state index contributed by atoms with van der Waals surface area (Å²) < 4.78 is 18.9. The topological polar surface area (TPSA) is 90.2 Å². The number of ether oxygens (including phenoxy) is 3. The first-order valence-electron chi connectivity index (χ1n) is 13.7. The number of aliphatic carboxylic acids is 1. The second kappa shape index (κ2) is 14.5. The zero-order chi connectivity index (χ0) is 30.1. The lowest BCUT2D eigenvalue weighted by Gasteiger charge is -2.27. The number of hydrogen-bond donors (Lipinski definition) is 1. The Kier molecular flexibility index (Phi) is 10.6. The third-order valence-electron chi connectivity index (χ3n) is 6.99. The van der Waals surface area contributed by atoms with E-state index in [2.05, 4.69) is 54.1 Å². The van der Waals surface area contributed by atoms with Gasteiger partial charge in [-0.1, -0.05) is 31.2 Å². The molecule has 0 aliphatic heterocycles. The number of carboxylic acids is 1. The van der Waals surface area contributed by atoms with Gasteiger partial charge in [0.25, 0.3) is 0 Å². The van der Waals surface area contributed by atoms with E-state index in [4.69, 9.17) is 14.2 Å². The molecule has 4 rings (SSSR count). The Balaban J connectivity index is 1.39. The van der Waals surface area contributed by atoms with Crippen molar-refractivity contribution in [2.45, 2.75) is 44.3 Å². The summed E-state index contributed by atoms with van der Waals surface area (Å²) in [4.78, 5) is 27.5. The van der Waals surface area contributed by atoms with Gasteiger partial charge in [-0.2, -0.15) is 0 Å². The number of amides is 1. The fraction of sp³-hybridized carbons (Fsp3) is 0.273. The second-order valence-electron chi connectivity index (χ2n) is 9.67. The first-order valence-corrected chi connectivity index (χ1v) is 14.9. The van der Waals surface area contributed by atoms with Gasteiger partial charge in [0.1, 0.15) is 29.9 Å². The van der Waals surface area contributed by atoms with E-state index in [1.54, 1.807) is 50.1 Å². The lowest BCUT2D eigenvalue weighted by atomic mass is 10.1. The van der Waals surface area contributed by atoms with Gasteiger partial charge in [-0.3, -0.25) is 4.90 Å². The quantitative estimate of drug-likeness (QED) is 0.166. The van der Waals surface area contributed by atoms with Gasteiger partial charge in [0.05, 0.1) is 13.7 Å². The second-order valence-corrected chi connectivity index (χ2v) is 10.5. The molecule has 1 atom stereocenters. The summed E-state index contributed by atoms with van der Waals surface area (Å²) >= 11 is 1.72. The monoisotopic (exact) mass is 588 g/mol. The summed E-state index contributed by atoms with van der Waals surface area (Å²) in [5.74, 6) is 0.514. The molecule has 8 nitrogen and oxygen atoms in total. The van der Waals surface area contributed by atoms with E-state index >= 15 is 0 Å². The van der Waals surface area contributed by atoms with Gasteiger partial charge in [-0.25, -0.2) is 9.59 Å². The van der Waals surface area contributed by atoms with Gasteiger partial charge in [0, 0.05) is 22.8 Å². The predicted molar refractivity (Wildman–Crippen MR) is 165 cm³/mol. The maximum Gasteiger partial charge on any atom is 0.416 e. The number of nitrogens with zero attached hydrogens (tertiary/aromatic N) is 2. The Morgan fingerprint density at radius 3 is 2.14 bits per heavy atom. The zero-order valence-corrected chi connectivity index (χ0v) is 25.1. The molecule has 1 N–H and O–H groups in total. The number of rotatable bonds is 13. The van der Waals surface area contributed by atoms with Gasteiger partial charge in [0.15, 0.2) is 0 Å². The number of benzene rings is 3. The predicted octanol–water partition coefficient (Wildman–Crippen LogP) is 7.14. The Labute approximate surface area is 250 Å². The molecular weight excluding hydrogens is 552 g/mol. The molecular formula is C33H36N2O6S. The zero-order valence-electron chi connectivity index (χ0n) is 24.3. The van der Waals surface area contributed by atoms with Gasteiger partial charge in [-0.05, 0) is 91.4 Å². The molecule has 1 unspecified atom stereocenters. The number of carboxylic acid groups (broad SMARTS) is 1. The SMILES string of the molecule is CCC(C(=O)O)N(Cc1ccc(OCCn2c(C)ccc2-c2ccc(SC)cc2)cc1)C(=O)Oc1ccc(OC)cc1. The molecule has 1 heterocycles. The molecule has 0 saturated heterocycles. The third-order valence-corrected chi connectivity index (χ3v) is 7.74. The van der Waals surface area contributed by atoms with E-state index in [9.17, 15) is 14.7 Å². The lowest BCUT2D eigenvalue weighted by molar-refractivity contribution is -0.142. The summed E-state index contributed by atoms with van der Waals surface area (Å²) in [6.07, 6.45) is 1.56. The van der Waals surface area contributed by atoms with Gasteiger partial charge in [-0.15, -0.1) is 11.8 Å². The van der Waals surface area contributed by atoms with Crippen molar-refractivity contribution in [2.75, 3.05) is 20.0 Å². The maximum absolute atomic E-state index is 13.1. The molecule has 0 aliphatic carbocycles. The summed E-state index contributed by atoms with van der Waals surface area (Å²) in [5.41, 5.74) is 4.21. The number of carbonyl (C=O) groups excluding carboxylic acids is 1. The molecule has 1 aromatic heterocycles. The number of aryl methyl sites for hydroxylation is 1. The van der Waals surface area contributed by atoms with Crippen LogP contribution in [0.3, 0.4) is 0 Å². The molecule has 1 amide bonds. The molecule has 0 radical (unpaired) electrons. The van der Waals surface area contributed by atoms with Crippen LogP contribution >= 0.6 is 11.8 Å². The minimum absolute atomic E-state index is 0.0708. The molecule has 220 valence electrons. The molecule has 0 aliphatic rings. The fourth-order valence-corrected chi connectivity index (χ4v) is 5.06. The van der Waals surface area contributed by atoms with Crippen molar-refractivity contribution in [3.05, 3.63) is 96.2 Å². The Morgan fingerprint density at radius 2 is 1.55 bits per heavy atom. The molecule has 4 aromatic rings. The van der Waals surface area contributed by atoms with Crippen molar-refractivity contribution in [3.63, 3.8) is 0 Å². The molecule has 0 fully saturated rings. The van der Waals surface area contributed by atoms with Crippen LogP contribution < -0.4 is 14.2 Å². The standard InChI is InChI=1S/C33H36N2O6S/c1-5-30(32(36)37)35(33(38)41-28-15-13-26(39-3)14-16-28)22-24-7-11-27(12-8-24)40-21-20-34-23(2)6-19-31(34)25-9-17-29(42-4)18-10-25/h6-19,30H,5,20-22H2,1-4H3,(H,36,37). The van der Waals surface area contributed by atoms with E-state index in [0.29, 0.717) is 30.4 Å². The minimum atomic E-state index is -1.09. The number of methoxy groups -OCH3 is 1. The van der Waals surface area contributed by atoms with Crippen LogP contribution in [0.15, 0.2) is 89.8 Å². The first kappa shape index (κ1) is 30.6. The van der Waals surface area contributed by atoms with Crippen LogP contribution in [0.1, 0.15) is 24.6 Å². The molecule has 0 saturated carbocycles.